The van der Waals surface area contributed by atoms with Gasteiger partial charge >= 0.3 is 0 Å². The molecule has 0 saturated heterocycles. The normalized spacial score (nSPS) is 11.0. The van der Waals surface area contributed by atoms with Gasteiger partial charge in [-0.2, -0.15) is 4.68 Å². The van der Waals surface area contributed by atoms with E-state index >= 15 is 0 Å². The van der Waals surface area contributed by atoms with E-state index < -0.39 is 0 Å². The number of aryl methyl sites for hydroxylation is 3. The van der Waals surface area contributed by atoms with Crippen molar-refractivity contribution in [2.75, 3.05) is 4.90 Å². The Hall–Kier alpha value is -2.75. The molecule has 164 valence electrons. The Balaban J connectivity index is 1.56. The molecule has 32 heavy (non-hydrogen) atoms. The molecule has 0 N–H and O–H groups in total. The van der Waals surface area contributed by atoms with E-state index in [4.69, 9.17) is 16.6 Å². The second-order valence-corrected chi connectivity index (χ2v) is 9.58. The second kappa shape index (κ2) is 9.40. The zero-order valence-corrected chi connectivity index (χ0v) is 20.4. The zero-order chi connectivity index (χ0) is 22.8. The first-order valence-corrected chi connectivity index (χ1v) is 12.1. The summed E-state index contributed by atoms with van der Waals surface area (Å²) in [5.74, 6) is 0.494. The van der Waals surface area contributed by atoms with Crippen molar-refractivity contribution in [2.45, 2.75) is 38.6 Å². The summed E-state index contributed by atoms with van der Waals surface area (Å²) in [7, 11) is 0. The molecule has 0 aliphatic rings. The van der Waals surface area contributed by atoms with E-state index in [0.717, 1.165) is 28.2 Å². The van der Waals surface area contributed by atoms with Crippen molar-refractivity contribution < 1.29 is 4.79 Å². The van der Waals surface area contributed by atoms with Gasteiger partial charge in [-0.25, -0.2) is 4.98 Å². The number of halogens is 1. The van der Waals surface area contributed by atoms with E-state index in [1.54, 1.807) is 28.6 Å². The fourth-order valence-electron chi connectivity index (χ4n) is 3.56. The van der Waals surface area contributed by atoms with Gasteiger partial charge in [-0.1, -0.05) is 47.1 Å². The lowest BCUT2D eigenvalue weighted by atomic mass is 10.0. The summed E-state index contributed by atoms with van der Waals surface area (Å²) in [5, 5.41) is 15.8. The summed E-state index contributed by atoms with van der Waals surface area (Å²) in [6.07, 6.45) is 0. The number of carbonyl (C=O) groups excluding carboxylic acids is 1. The summed E-state index contributed by atoms with van der Waals surface area (Å²) in [5.41, 5.74) is 5.79. The zero-order valence-electron chi connectivity index (χ0n) is 18.0. The average Bonchev–Trinajstić information content (AvgIpc) is 3.38. The Labute approximate surface area is 199 Å². The molecule has 10 heteroatoms. The lowest BCUT2D eigenvalue weighted by Gasteiger charge is -2.23. The van der Waals surface area contributed by atoms with Crippen molar-refractivity contribution in [3.8, 4) is 5.69 Å². The van der Waals surface area contributed by atoms with Gasteiger partial charge in [0.15, 0.2) is 5.13 Å². The van der Waals surface area contributed by atoms with Gasteiger partial charge in [0.25, 0.3) is 0 Å². The van der Waals surface area contributed by atoms with Crippen LogP contribution in [0.1, 0.15) is 29.3 Å². The monoisotopic (exact) mass is 484 g/mol. The number of rotatable bonds is 6. The Morgan fingerprint density at radius 2 is 1.94 bits per heavy atom. The summed E-state index contributed by atoms with van der Waals surface area (Å²) < 4.78 is 1.64. The van der Waals surface area contributed by atoms with E-state index in [1.807, 2.05) is 31.4 Å². The maximum absolute atomic E-state index is 12.6. The van der Waals surface area contributed by atoms with Crippen LogP contribution in [0.25, 0.3) is 5.69 Å². The number of benzene rings is 2. The van der Waals surface area contributed by atoms with Crippen LogP contribution in [0.3, 0.4) is 0 Å². The highest BCUT2D eigenvalue weighted by atomic mass is 35.5. The number of aromatic nitrogens is 5. The van der Waals surface area contributed by atoms with Crippen LogP contribution < -0.4 is 4.90 Å². The standard InChI is InChI=1S/C22H21ClN6OS2/c1-13-8-14(2)20(15(3)9-13)28(16(4)30)21-24-18(11-31-21)12-32-22-25-26-27-29(22)19-7-5-6-17(23)10-19/h5-11H,12H2,1-4H3. The van der Waals surface area contributed by atoms with Crippen LogP contribution in [-0.2, 0) is 10.5 Å². The Kier molecular flexibility index (Phi) is 6.59. The molecule has 4 rings (SSSR count). The van der Waals surface area contributed by atoms with Crippen LogP contribution in [0.4, 0.5) is 10.8 Å². The largest absolute Gasteiger partial charge is 0.274 e. The smallest absolute Gasteiger partial charge is 0.230 e. The molecule has 0 atom stereocenters. The minimum Gasteiger partial charge on any atom is -0.274 e. The van der Waals surface area contributed by atoms with Crippen LogP contribution in [0.2, 0.25) is 5.02 Å². The fraction of sp³-hybridized carbons (Fsp3) is 0.227. The number of hydrogen-bond acceptors (Lipinski definition) is 7. The minimum absolute atomic E-state index is 0.0708. The molecular formula is C22H21ClN6OS2. The molecule has 1 amide bonds. The number of amides is 1. The molecule has 2 heterocycles. The third-order valence-electron chi connectivity index (χ3n) is 4.75. The number of thiazole rings is 1. The molecule has 0 fully saturated rings. The fourth-order valence-corrected chi connectivity index (χ4v) is 5.50. The maximum Gasteiger partial charge on any atom is 0.230 e. The van der Waals surface area contributed by atoms with Gasteiger partial charge in [0.1, 0.15) is 0 Å². The maximum atomic E-state index is 12.6. The van der Waals surface area contributed by atoms with Crippen molar-refractivity contribution >= 4 is 51.4 Å². The van der Waals surface area contributed by atoms with E-state index in [2.05, 4.69) is 34.6 Å². The predicted molar refractivity (Wildman–Crippen MR) is 129 cm³/mol. The molecule has 0 aliphatic carbocycles. The molecule has 2 aromatic carbocycles. The van der Waals surface area contributed by atoms with Gasteiger partial charge in [0.2, 0.25) is 11.1 Å². The highest BCUT2D eigenvalue weighted by molar-refractivity contribution is 7.98. The molecule has 0 spiro atoms. The van der Waals surface area contributed by atoms with Crippen molar-refractivity contribution in [2.24, 2.45) is 0 Å². The van der Waals surface area contributed by atoms with Crippen LogP contribution in [0.15, 0.2) is 46.9 Å². The van der Waals surface area contributed by atoms with Gasteiger partial charge in [-0.3, -0.25) is 9.69 Å². The highest BCUT2D eigenvalue weighted by Crippen LogP contribution is 2.35. The highest BCUT2D eigenvalue weighted by Gasteiger charge is 2.22. The third-order valence-corrected chi connectivity index (χ3v) is 6.81. The van der Waals surface area contributed by atoms with Crippen LogP contribution >= 0.6 is 34.7 Å². The minimum atomic E-state index is -0.0708. The molecular weight excluding hydrogens is 464 g/mol. The van der Waals surface area contributed by atoms with Crippen molar-refractivity contribution in [3.63, 3.8) is 0 Å². The first-order valence-electron chi connectivity index (χ1n) is 9.83. The number of carbonyl (C=O) groups is 1. The number of thioether (sulfide) groups is 1. The lowest BCUT2D eigenvalue weighted by molar-refractivity contribution is -0.115. The van der Waals surface area contributed by atoms with Gasteiger partial charge < -0.3 is 0 Å². The summed E-state index contributed by atoms with van der Waals surface area (Å²) in [4.78, 5) is 19.0. The predicted octanol–water partition coefficient (Wildman–Crippen LogP) is 5.67. The average molecular weight is 485 g/mol. The van der Waals surface area contributed by atoms with Crippen molar-refractivity contribution in [1.29, 1.82) is 0 Å². The number of hydrogen-bond donors (Lipinski definition) is 0. The third kappa shape index (κ3) is 4.69. The number of tetrazole rings is 1. The van der Waals surface area contributed by atoms with E-state index in [1.165, 1.54) is 28.7 Å². The molecule has 7 nitrogen and oxygen atoms in total. The van der Waals surface area contributed by atoms with Crippen molar-refractivity contribution in [3.05, 3.63) is 69.2 Å². The number of nitrogens with zero attached hydrogens (tertiary/aromatic N) is 6. The molecule has 0 radical (unpaired) electrons. The molecule has 4 aromatic rings. The summed E-state index contributed by atoms with van der Waals surface area (Å²) in [6, 6.07) is 11.5. The Morgan fingerprint density at radius 1 is 1.19 bits per heavy atom. The molecule has 0 saturated carbocycles. The van der Waals surface area contributed by atoms with Gasteiger partial charge in [0.05, 0.1) is 17.1 Å². The quantitative estimate of drug-likeness (QED) is 0.328. The van der Waals surface area contributed by atoms with Crippen molar-refractivity contribution in [1.82, 2.24) is 25.2 Å². The van der Waals surface area contributed by atoms with Crippen LogP contribution in [-0.4, -0.2) is 31.1 Å². The van der Waals surface area contributed by atoms with E-state index in [9.17, 15) is 4.79 Å². The number of anilines is 2. The molecule has 2 aromatic heterocycles. The van der Waals surface area contributed by atoms with Gasteiger partial charge in [-0.15, -0.1) is 16.4 Å². The van der Waals surface area contributed by atoms with Gasteiger partial charge in [0, 0.05) is 23.1 Å². The lowest BCUT2D eigenvalue weighted by Crippen LogP contribution is -2.24. The topological polar surface area (TPSA) is 76.8 Å². The van der Waals surface area contributed by atoms with E-state index in [0.29, 0.717) is 21.1 Å². The SMILES string of the molecule is CC(=O)N(c1nc(CSc2nnnn2-c2cccc(Cl)c2)cs1)c1c(C)cc(C)cc1C. The summed E-state index contributed by atoms with van der Waals surface area (Å²) in [6.45, 7) is 7.65. The summed E-state index contributed by atoms with van der Waals surface area (Å²) >= 11 is 9.01. The molecule has 0 bridgehead atoms. The van der Waals surface area contributed by atoms with Gasteiger partial charge in [-0.05, 0) is 60.5 Å². The molecule has 0 aliphatic heterocycles. The molecule has 0 unspecified atom stereocenters. The Bertz CT molecular complexity index is 1260. The van der Waals surface area contributed by atoms with Crippen LogP contribution in [0.5, 0.6) is 0 Å². The first-order chi connectivity index (χ1) is 15.3. The first kappa shape index (κ1) is 22.4. The Morgan fingerprint density at radius 3 is 2.62 bits per heavy atom. The van der Waals surface area contributed by atoms with E-state index in [-0.39, 0.29) is 5.91 Å². The van der Waals surface area contributed by atoms with Crippen LogP contribution in [0, 0.1) is 20.8 Å². The second-order valence-electron chi connectivity index (χ2n) is 7.36.